The Kier molecular flexibility index (Phi) is 4.74. The van der Waals surface area contributed by atoms with Crippen molar-refractivity contribution in [3.8, 4) is 11.5 Å². The number of hydrogen-bond donors (Lipinski definition) is 0. The fourth-order valence-corrected chi connectivity index (χ4v) is 5.27. The van der Waals surface area contributed by atoms with Crippen molar-refractivity contribution in [2.45, 2.75) is 12.3 Å². The number of carbonyl (C=O) groups excluding carboxylic acids is 1. The molecule has 0 bridgehead atoms. The van der Waals surface area contributed by atoms with Gasteiger partial charge in [-0.3, -0.25) is 9.69 Å². The topological polar surface area (TPSA) is 51.7 Å². The van der Waals surface area contributed by atoms with Gasteiger partial charge in [-0.15, -0.1) is 11.8 Å². The lowest BCUT2D eigenvalue weighted by molar-refractivity contribution is -0.115. The Morgan fingerprint density at radius 1 is 1.27 bits per heavy atom. The van der Waals surface area contributed by atoms with Crippen LogP contribution in [0.5, 0.6) is 11.5 Å². The summed E-state index contributed by atoms with van der Waals surface area (Å²) in [5, 5.41) is 0.574. The van der Waals surface area contributed by atoms with Gasteiger partial charge in [-0.05, 0) is 31.2 Å². The molecule has 0 unspecified atom stereocenters. The van der Waals surface area contributed by atoms with Gasteiger partial charge in [0.25, 0.3) is 0 Å². The van der Waals surface area contributed by atoms with E-state index in [2.05, 4.69) is 0 Å². The molecule has 1 amide bonds. The maximum Gasteiger partial charge on any atom is 0.240 e. The Balaban J connectivity index is 1.74. The summed E-state index contributed by atoms with van der Waals surface area (Å²) in [4.78, 5) is 19.1. The first kappa shape index (κ1) is 17.2. The molecule has 7 heteroatoms. The molecule has 0 spiro atoms. The second-order valence-electron chi connectivity index (χ2n) is 5.73. The molecule has 2 aromatic carbocycles. The quantitative estimate of drug-likeness (QED) is 0.647. The first-order chi connectivity index (χ1) is 12.7. The van der Waals surface area contributed by atoms with Crippen molar-refractivity contribution in [3.05, 3.63) is 48.0 Å². The number of ether oxygens (including phenoxy) is 2. The van der Waals surface area contributed by atoms with E-state index in [0.717, 1.165) is 27.3 Å². The molecule has 1 aromatic heterocycles. The third kappa shape index (κ3) is 3.01. The Hall–Kier alpha value is -2.25. The molecule has 1 atom stereocenters. The second kappa shape index (κ2) is 7.17. The molecule has 0 saturated carbocycles. The minimum Gasteiger partial charge on any atom is -0.496 e. The van der Waals surface area contributed by atoms with Crippen LogP contribution in [0.2, 0.25) is 0 Å². The third-order valence-electron chi connectivity index (χ3n) is 4.14. The van der Waals surface area contributed by atoms with Crippen molar-refractivity contribution in [2.24, 2.45) is 0 Å². The molecule has 0 aliphatic carbocycles. The number of benzene rings is 2. The van der Waals surface area contributed by atoms with Gasteiger partial charge in [0, 0.05) is 5.56 Å². The molecule has 1 aliphatic heterocycles. The molecule has 26 heavy (non-hydrogen) atoms. The summed E-state index contributed by atoms with van der Waals surface area (Å²) in [6.07, 6.45) is 0. The summed E-state index contributed by atoms with van der Waals surface area (Å²) in [5.74, 6) is 2.10. The van der Waals surface area contributed by atoms with E-state index < -0.39 is 0 Å². The first-order valence-corrected chi connectivity index (χ1v) is 10.2. The van der Waals surface area contributed by atoms with Crippen molar-refractivity contribution in [3.63, 3.8) is 0 Å². The fourth-order valence-electron chi connectivity index (χ4n) is 2.98. The van der Waals surface area contributed by atoms with E-state index in [1.54, 1.807) is 23.8 Å². The van der Waals surface area contributed by atoms with E-state index in [0.29, 0.717) is 17.5 Å². The van der Waals surface area contributed by atoms with E-state index >= 15 is 0 Å². The van der Waals surface area contributed by atoms with Crippen LogP contribution in [0, 0.1) is 0 Å². The smallest absolute Gasteiger partial charge is 0.240 e. The molecule has 134 valence electrons. The number of hydrogen-bond acceptors (Lipinski definition) is 6. The molecule has 3 aromatic rings. The molecule has 0 radical (unpaired) electrons. The van der Waals surface area contributed by atoms with Crippen LogP contribution in [-0.2, 0) is 4.79 Å². The highest BCUT2D eigenvalue weighted by Gasteiger charge is 2.37. The highest BCUT2D eigenvalue weighted by Crippen LogP contribution is 2.46. The monoisotopic (exact) mass is 386 g/mol. The van der Waals surface area contributed by atoms with Crippen LogP contribution in [0.15, 0.2) is 42.5 Å². The SMILES string of the molecule is CCOc1ccc2nc(N3C(=O)CS[C@H]3c3ccccc3OC)sc2c1. The van der Waals surface area contributed by atoms with Gasteiger partial charge in [-0.25, -0.2) is 4.98 Å². The highest BCUT2D eigenvalue weighted by molar-refractivity contribution is 8.00. The number of carbonyl (C=O) groups is 1. The van der Waals surface area contributed by atoms with Crippen LogP contribution in [-0.4, -0.2) is 30.4 Å². The lowest BCUT2D eigenvalue weighted by Crippen LogP contribution is -2.27. The van der Waals surface area contributed by atoms with E-state index in [4.69, 9.17) is 14.5 Å². The Bertz CT molecular complexity index is 957. The molecular weight excluding hydrogens is 368 g/mol. The number of thiazole rings is 1. The molecule has 4 rings (SSSR count). The molecule has 0 N–H and O–H groups in total. The van der Waals surface area contributed by atoms with Crippen LogP contribution in [0.3, 0.4) is 0 Å². The van der Waals surface area contributed by atoms with Gasteiger partial charge in [-0.1, -0.05) is 29.5 Å². The number of fused-ring (bicyclic) bond motifs is 1. The van der Waals surface area contributed by atoms with Crippen LogP contribution in [0.4, 0.5) is 5.13 Å². The van der Waals surface area contributed by atoms with E-state index in [9.17, 15) is 4.79 Å². The van der Waals surface area contributed by atoms with Crippen LogP contribution < -0.4 is 14.4 Å². The van der Waals surface area contributed by atoms with Crippen molar-refractivity contribution in [1.82, 2.24) is 4.98 Å². The minimum atomic E-state index is -0.134. The summed E-state index contributed by atoms with van der Waals surface area (Å²) in [5.41, 5.74) is 1.86. The Labute approximate surface area is 159 Å². The number of para-hydroxylation sites is 1. The number of amides is 1. The van der Waals surface area contributed by atoms with Gasteiger partial charge in [0.15, 0.2) is 5.13 Å². The summed E-state index contributed by atoms with van der Waals surface area (Å²) in [6.45, 7) is 2.58. The summed E-state index contributed by atoms with van der Waals surface area (Å²) >= 11 is 3.11. The summed E-state index contributed by atoms with van der Waals surface area (Å²) in [6, 6.07) is 13.6. The fraction of sp³-hybridized carbons (Fsp3) is 0.263. The van der Waals surface area contributed by atoms with Crippen molar-refractivity contribution >= 4 is 44.4 Å². The minimum absolute atomic E-state index is 0.0648. The van der Waals surface area contributed by atoms with E-state index in [1.807, 2.05) is 49.4 Å². The van der Waals surface area contributed by atoms with E-state index in [-0.39, 0.29) is 11.3 Å². The highest BCUT2D eigenvalue weighted by atomic mass is 32.2. The number of nitrogens with zero attached hydrogens (tertiary/aromatic N) is 2. The predicted octanol–water partition coefficient (Wildman–Crippen LogP) is 4.48. The zero-order valence-electron chi connectivity index (χ0n) is 14.5. The Morgan fingerprint density at radius 2 is 2.12 bits per heavy atom. The van der Waals surface area contributed by atoms with Gasteiger partial charge < -0.3 is 9.47 Å². The second-order valence-corrected chi connectivity index (χ2v) is 7.81. The third-order valence-corrected chi connectivity index (χ3v) is 6.35. The summed E-state index contributed by atoms with van der Waals surface area (Å²) in [7, 11) is 1.65. The Morgan fingerprint density at radius 3 is 2.92 bits per heavy atom. The zero-order chi connectivity index (χ0) is 18.1. The van der Waals surface area contributed by atoms with Crippen LogP contribution in [0.1, 0.15) is 17.9 Å². The number of anilines is 1. The lowest BCUT2D eigenvalue weighted by atomic mass is 10.2. The number of aromatic nitrogens is 1. The number of methoxy groups -OCH3 is 1. The maximum atomic E-state index is 12.6. The van der Waals surface area contributed by atoms with Gasteiger partial charge in [0.05, 0.1) is 29.7 Å². The maximum absolute atomic E-state index is 12.6. The van der Waals surface area contributed by atoms with Crippen molar-refractivity contribution in [2.75, 3.05) is 24.4 Å². The first-order valence-electron chi connectivity index (χ1n) is 8.31. The molecule has 1 saturated heterocycles. The molecule has 5 nitrogen and oxygen atoms in total. The van der Waals surface area contributed by atoms with Gasteiger partial charge in [0.2, 0.25) is 5.91 Å². The largest absolute Gasteiger partial charge is 0.496 e. The molecule has 1 fully saturated rings. The van der Waals surface area contributed by atoms with Gasteiger partial charge >= 0.3 is 0 Å². The standard InChI is InChI=1S/C19H18N2O3S2/c1-3-24-12-8-9-14-16(10-12)26-19(20-14)21-17(22)11-25-18(21)13-6-4-5-7-15(13)23-2/h4-10,18H,3,11H2,1-2H3/t18-/m0/s1. The number of rotatable bonds is 5. The average Bonchev–Trinajstić information content (AvgIpc) is 3.24. The summed E-state index contributed by atoms with van der Waals surface area (Å²) < 4.78 is 12.1. The van der Waals surface area contributed by atoms with Crippen LogP contribution >= 0.6 is 23.1 Å². The number of thioether (sulfide) groups is 1. The molecular formula is C19H18N2O3S2. The predicted molar refractivity (Wildman–Crippen MR) is 106 cm³/mol. The van der Waals surface area contributed by atoms with Crippen molar-refractivity contribution < 1.29 is 14.3 Å². The van der Waals surface area contributed by atoms with Gasteiger partial charge in [0.1, 0.15) is 16.9 Å². The van der Waals surface area contributed by atoms with Gasteiger partial charge in [-0.2, -0.15) is 0 Å². The zero-order valence-corrected chi connectivity index (χ0v) is 16.1. The average molecular weight is 386 g/mol. The normalized spacial score (nSPS) is 17.1. The van der Waals surface area contributed by atoms with Crippen LogP contribution in [0.25, 0.3) is 10.2 Å². The lowest BCUT2D eigenvalue weighted by Gasteiger charge is -2.23. The van der Waals surface area contributed by atoms with Crippen molar-refractivity contribution in [1.29, 1.82) is 0 Å². The van der Waals surface area contributed by atoms with E-state index in [1.165, 1.54) is 11.3 Å². The molecule has 2 heterocycles. The molecule has 1 aliphatic rings.